The average Bonchev–Trinajstić information content (AvgIpc) is 2.53. The fraction of sp³-hybridized carbons (Fsp3) is 0.417. The molecule has 4 N–H and O–H groups in total. The third kappa shape index (κ3) is 62.8. The highest BCUT2D eigenvalue weighted by atomic mass is 32.1. The largest absolute Gasteiger partial charge is 0.481 e. The molecular weight excluding hydrogens is 336 g/mol. The van der Waals surface area contributed by atoms with E-state index < -0.39 is 17.9 Å². The van der Waals surface area contributed by atoms with Crippen LogP contribution in [0.5, 0.6) is 0 Å². The maximum atomic E-state index is 10.2. The Labute approximate surface area is 139 Å². The summed E-state index contributed by atoms with van der Waals surface area (Å²) >= 11 is 6.83. The monoisotopic (exact) mass is 358 g/mol. The molecule has 130 valence electrons. The van der Waals surface area contributed by atoms with Gasteiger partial charge in [0.25, 0.3) is 0 Å². The van der Waals surface area contributed by atoms with Crippen molar-refractivity contribution in [2.75, 3.05) is 31.3 Å². The molecule has 0 spiro atoms. The molecule has 0 saturated heterocycles. The lowest BCUT2D eigenvalue weighted by Crippen LogP contribution is -1.98. The Balaban J connectivity index is -0.000000102. The van der Waals surface area contributed by atoms with Crippen molar-refractivity contribution in [1.82, 2.24) is 0 Å². The summed E-state index contributed by atoms with van der Waals surface area (Å²) in [5.41, 5.74) is 0. The highest BCUT2D eigenvalue weighted by Gasteiger charge is 1.88. The number of aliphatic hydroxyl groups is 2. The van der Waals surface area contributed by atoms with Crippen LogP contribution in [0.15, 0.2) is 25.3 Å². The highest BCUT2D eigenvalue weighted by Crippen LogP contribution is 1.77. The maximum absolute atomic E-state index is 10.2. The number of aliphatic hydroxyl groups excluding tert-OH is 2. The molecule has 0 aromatic carbocycles. The summed E-state index contributed by atoms with van der Waals surface area (Å²) in [5.74, 6) is -2.34. The van der Waals surface area contributed by atoms with Gasteiger partial charge in [-0.25, -0.2) is 4.79 Å². The lowest BCUT2D eigenvalue weighted by molar-refractivity contribution is -0.136. The van der Waals surface area contributed by atoms with Crippen molar-refractivity contribution in [1.29, 1.82) is 0 Å². The molecule has 0 fully saturated rings. The van der Waals surface area contributed by atoms with Crippen LogP contribution in [0.4, 0.5) is 0 Å². The van der Waals surface area contributed by atoms with Gasteiger partial charge in [-0.05, 0) is 0 Å². The lowest BCUT2D eigenvalue weighted by Gasteiger charge is -1.92. The molecule has 0 amide bonds. The van der Waals surface area contributed by atoms with E-state index in [1.54, 1.807) is 0 Å². The normalized spacial score (nSPS) is 7.45. The zero-order valence-electron chi connectivity index (χ0n) is 11.9. The van der Waals surface area contributed by atoms with Gasteiger partial charge in [-0.3, -0.25) is 9.59 Å². The zero-order valence-corrected chi connectivity index (χ0v) is 13.7. The Kier molecular flexibility index (Phi) is 36.2. The minimum absolute atomic E-state index is 0.0833. The number of carboxylic acids is 2. The molecule has 0 unspecified atom stereocenters. The fourth-order valence-electron chi connectivity index (χ4n) is 0.200. The summed E-state index contributed by atoms with van der Waals surface area (Å²) < 4.78 is 4.47. The number of carboxylic acid groups (broad SMARTS) is 2. The van der Waals surface area contributed by atoms with E-state index >= 15 is 0 Å². The second-order valence-electron chi connectivity index (χ2n) is 2.67. The Bertz CT molecular complexity index is 292. The SMILES string of the molecule is C=CCOC(=O)C=C.O=C(O)CS.O=C(O)CS.OCCO. The second kappa shape index (κ2) is 27.8. The number of carbonyl (C=O) groups is 3. The van der Waals surface area contributed by atoms with Crippen LogP contribution in [0.3, 0.4) is 0 Å². The van der Waals surface area contributed by atoms with Crippen LogP contribution in [0.25, 0.3) is 0 Å². The van der Waals surface area contributed by atoms with E-state index in [1.807, 2.05) is 0 Å². The van der Waals surface area contributed by atoms with Gasteiger partial charge in [0.15, 0.2) is 0 Å². The Morgan fingerprint density at radius 2 is 1.27 bits per heavy atom. The van der Waals surface area contributed by atoms with Gasteiger partial charge in [0, 0.05) is 6.08 Å². The number of hydrogen-bond acceptors (Lipinski definition) is 8. The quantitative estimate of drug-likeness (QED) is 0.167. The van der Waals surface area contributed by atoms with Crippen LogP contribution >= 0.6 is 25.3 Å². The fourth-order valence-corrected chi connectivity index (χ4v) is 0.200. The first-order valence-corrected chi connectivity index (χ1v) is 6.80. The molecular formula is C12H22O8S2. The molecule has 0 bridgehead atoms. The van der Waals surface area contributed by atoms with E-state index in [0.717, 1.165) is 6.08 Å². The number of aliphatic carboxylic acids is 2. The summed E-state index contributed by atoms with van der Waals surface area (Å²) in [6.07, 6.45) is 2.62. The van der Waals surface area contributed by atoms with Crippen molar-refractivity contribution in [3.8, 4) is 0 Å². The van der Waals surface area contributed by atoms with E-state index in [4.69, 9.17) is 20.4 Å². The molecule has 0 aliphatic carbocycles. The molecule has 0 aromatic heterocycles. The molecule has 0 heterocycles. The summed E-state index contributed by atoms with van der Waals surface area (Å²) in [7, 11) is 0. The van der Waals surface area contributed by atoms with Gasteiger partial charge in [0.2, 0.25) is 0 Å². The first-order valence-electron chi connectivity index (χ1n) is 5.54. The number of rotatable bonds is 6. The van der Waals surface area contributed by atoms with Crippen LogP contribution in [-0.2, 0) is 19.1 Å². The average molecular weight is 358 g/mol. The highest BCUT2D eigenvalue weighted by molar-refractivity contribution is 7.81. The Hall–Kier alpha value is -1.49. The van der Waals surface area contributed by atoms with E-state index in [1.165, 1.54) is 6.08 Å². The van der Waals surface area contributed by atoms with E-state index in [2.05, 4.69) is 43.2 Å². The topological polar surface area (TPSA) is 141 Å². The Morgan fingerprint density at radius 3 is 1.41 bits per heavy atom. The third-order valence-electron chi connectivity index (χ3n) is 0.881. The minimum atomic E-state index is -0.881. The van der Waals surface area contributed by atoms with E-state index in [-0.39, 0.29) is 31.3 Å². The molecule has 0 aromatic rings. The first-order chi connectivity index (χ1) is 10.3. The molecule has 8 nitrogen and oxygen atoms in total. The standard InChI is InChI=1S/C6H8O2.2C2H4O2S.C2H6O2/c1-3-5-8-6(7)4-2;2*3-2(4)1-5;3-1-2-4/h3-4H,1-2,5H2;2*5H,1H2,(H,3,4);3-4H,1-2H2. The van der Waals surface area contributed by atoms with Crippen molar-refractivity contribution >= 4 is 43.2 Å². The van der Waals surface area contributed by atoms with Gasteiger partial charge in [0.1, 0.15) is 6.61 Å². The van der Waals surface area contributed by atoms with Crippen molar-refractivity contribution in [3.63, 3.8) is 0 Å². The summed E-state index contributed by atoms with van der Waals surface area (Å²) in [6, 6.07) is 0. The second-order valence-corrected chi connectivity index (χ2v) is 3.31. The van der Waals surface area contributed by atoms with Gasteiger partial charge < -0.3 is 25.2 Å². The van der Waals surface area contributed by atoms with Crippen molar-refractivity contribution < 1.29 is 39.5 Å². The van der Waals surface area contributed by atoms with Crippen molar-refractivity contribution in [3.05, 3.63) is 25.3 Å². The number of ether oxygens (including phenoxy) is 1. The number of esters is 1. The van der Waals surface area contributed by atoms with Crippen molar-refractivity contribution in [2.24, 2.45) is 0 Å². The van der Waals surface area contributed by atoms with Crippen molar-refractivity contribution in [2.45, 2.75) is 0 Å². The van der Waals surface area contributed by atoms with Gasteiger partial charge in [-0.15, -0.1) is 0 Å². The lowest BCUT2D eigenvalue weighted by atomic mass is 10.6. The molecule has 0 radical (unpaired) electrons. The zero-order chi connectivity index (χ0) is 18.4. The van der Waals surface area contributed by atoms with Gasteiger partial charge in [0.05, 0.1) is 24.7 Å². The molecule has 22 heavy (non-hydrogen) atoms. The molecule has 0 rings (SSSR count). The van der Waals surface area contributed by atoms with Crippen LogP contribution in [0.1, 0.15) is 0 Å². The van der Waals surface area contributed by atoms with E-state index in [9.17, 15) is 14.4 Å². The number of carbonyl (C=O) groups excluding carboxylic acids is 1. The summed E-state index contributed by atoms with van der Waals surface area (Å²) in [4.78, 5) is 28.8. The maximum Gasteiger partial charge on any atom is 0.330 e. The first kappa shape index (κ1) is 28.6. The predicted octanol–water partition coefficient (Wildman–Crippen LogP) is -0.126. The Morgan fingerprint density at radius 1 is 0.955 bits per heavy atom. The molecule has 0 aliphatic heterocycles. The van der Waals surface area contributed by atoms with Crippen LogP contribution in [0.2, 0.25) is 0 Å². The van der Waals surface area contributed by atoms with Crippen LogP contribution in [-0.4, -0.2) is 69.7 Å². The number of thiol groups is 2. The molecule has 0 aliphatic rings. The van der Waals surface area contributed by atoms with Crippen LogP contribution in [0, 0.1) is 0 Å². The minimum Gasteiger partial charge on any atom is -0.481 e. The summed E-state index contributed by atoms with van der Waals surface area (Å²) in [5, 5.41) is 30.5. The molecule has 10 heteroatoms. The molecule has 0 atom stereocenters. The predicted molar refractivity (Wildman–Crippen MR) is 88.5 cm³/mol. The van der Waals surface area contributed by atoms with Gasteiger partial charge in [-0.1, -0.05) is 19.2 Å². The number of hydrogen-bond donors (Lipinski definition) is 6. The van der Waals surface area contributed by atoms with Gasteiger partial charge >= 0.3 is 17.9 Å². The van der Waals surface area contributed by atoms with E-state index in [0.29, 0.717) is 0 Å². The summed E-state index contributed by atoms with van der Waals surface area (Å²) in [6.45, 7) is 6.56. The third-order valence-corrected chi connectivity index (χ3v) is 1.42. The smallest absolute Gasteiger partial charge is 0.330 e. The molecule has 0 saturated carbocycles. The van der Waals surface area contributed by atoms with Crippen LogP contribution < -0.4 is 0 Å². The van der Waals surface area contributed by atoms with Gasteiger partial charge in [-0.2, -0.15) is 25.3 Å².